The number of rotatable bonds is 3. The van der Waals surface area contributed by atoms with Gasteiger partial charge in [0.25, 0.3) is 0 Å². The van der Waals surface area contributed by atoms with Gasteiger partial charge < -0.3 is 4.90 Å². The van der Waals surface area contributed by atoms with Crippen molar-refractivity contribution in [1.29, 1.82) is 0 Å². The normalized spacial score (nSPS) is 19.0. The van der Waals surface area contributed by atoms with Crippen molar-refractivity contribution in [2.24, 2.45) is 4.99 Å². The van der Waals surface area contributed by atoms with Crippen molar-refractivity contribution >= 4 is 40.8 Å². The van der Waals surface area contributed by atoms with Gasteiger partial charge in [0.1, 0.15) is 5.82 Å². The lowest BCUT2D eigenvalue weighted by Gasteiger charge is -2.47. The molecule has 0 bridgehead atoms. The third-order valence-corrected chi connectivity index (χ3v) is 5.82. The van der Waals surface area contributed by atoms with Crippen LogP contribution in [-0.4, -0.2) is 18.3 Å². The molecule has 0 aliphatic carbocycles. The molecule has 0 N–H and O–H groups in total. The second kappa shape index (κ2) is 7.21. The molecule has 1 atom stereocenters. The van der Waals surface area contributed by atoms with E-state index in [4.69, 9.17) is 23.2 Å². The maximum atomic E-state index is 14.7. The van der Waals surface area contributed by atoms with Gasteiger partial charge in [0.15, 0.2) is 0 Å². The molecule has 2 nitrogen and oxygen atoms in total. The molecule has 0 spiro atoms. The maximum Gasteiger partial charge on any atom is 0.134 e. The Hall–Kier alpha value is -1.58. The zero-order valence-corrected chi connectivity index (χ0v) is 17.0. The standard InChI is InChI=1S/C21H23Cl2FN2/c1-5-26-20-10-19(24)14(8-16(20)13(2)11-21(26,3)4)12-25-15-6-7-17(22)18(23)9-15/h6-10,12-13H,5,11H2,1-4H3. The smallest absolute Gasteiger partial charge is 0.134 e. The molecule has 138 valence electrons. The Morgan fingerprint density at radius 1 is 1.23 bits per heavy atom. The van der Waals surface area contributed by atoms with Crippen molar-refractivity contribution < 1.29 is 4.39 Å². The molecule has 1 aliphatic rings. The second-order valence-corrected chi connectivity index (χ2v) is 8.27. The molecule has 0 saturated carbocycles. The van der Waals surface area contributed by atoms with E-state index in [1.807, 2.05) is 6.07 Å². The largest absolute Gasteiger partial charge is 0.366 e. The lowest BCUT2D eigenvalue weighted by Crippen LogP contribution is -2.48. The van der Waals surface area contributed by atoms with Gasteiger partial charge in [-0.3, -0.25) is 4.99 Å². The monoisotopic (exact) mass is 392 g/mol. The van der Waals surface area contributed by atoms with Gasteiger partial charge in [-0.05, 0) is 69.0 Å². The first-order valence-corrected chi connectivity index (χ1v) is 9.58. The van der Waals surface area contributed by atoms with Gasteiger partial charge >= 0.3 is 0 Å². The summed E-state index contributed by atoms with van der Waals surface area (Å²) in [4.78, 5) is 6.64. The number of hydrogen-bond donors (Lipinski definition) is 0. The molecule has 1 unspecified atom stereocenters. The van der Waals surface area contributed by atoms with Gasteiger partial charge in [-0.2, -0.15) is 0 Å². The van der Waals surface area contributed by atoms with Crippen LogP contribution in [0.4, 0.5) is 15.8 Å². The van der Waals surface area contributed by atoms with Crippen molar-refractivity contribution in [2.45, 2.75) is 45.6 Å². The van der Waals surface area contributed by atoms with Crippen LogP contribution >= 0.6 is 23.2 Å². The van der Waals surface area contributed by atoms with E-state index >= 15 is 0 Å². The molecule has 0 saturated heterocycles. The number of halogens is 3. The van der Waals surface area contributed by atoms with E-state index < -0.39 is 0 Å². The van der Waals surface area contributed by atoms with E-state index in [0.717, 1.165) is 18.7 Å². The zero-order chi connectivity index (χ0) is 19.1. The fourth-order valence-electron chi connectivity index (χ4n) is 3.93. The van der Waals surface area contributed by atoms with Crippen LogP contribution in [0.3, 0.4) is 0 Å². The van der Waals surface area contributed by atoms with Crippen molar-refractivity contribution in [3.05, 3.63) is 57.3 Å². The Morgan fingerprint density at radius 2 is 1.96 bits per heavy atom. The van der Waals surface area contributed by atoms with Crippen LogP contribution in [-0.2, 0) is 0 Å². The van der Waals surface area contributed by atoms with E-state index in [9.17, 15) is 4.39 Å². The van der Waals surface area contributed by atoms with Crippen molar-refractivity contribution in [1.82, 2.24) is 0 Å². The number of hydrogen-bond acceptors (Lipinski definition) is 2. The summed E-state index contributed by atoms with van der Waals surface area (Å²) >= 11 is 11.9. The first kappa shape index (κ1) is 19.2. The number of nitrogens with zero attached hydrogens (tertiary/aromatic N) is 2. The topological polar surface area (TPSA) is 15.6 Å². The minimum atomic E-state index is -0.268. The molecule has 1 heterocycles. The minimum absolute atomic E-state index is 0.0171. The highest BCUT2D eigenvalue weighted by Gasteiger charge is 2.36. The average molecular weight is 393 g/mol. The maximum absolute atomic E-state index is 14.7. The molecule has 3 rings (SSSR count). The van der Waals surface area contributed by atoms with E-state index in [1.54, 1.807) is 30.5 Å². The number of fused-ring (bicyclic) bond motifs is 1. The molecule has 1 aliphatic heterocycles. The van der Waals surface area contributed by atoms with Crippen molar-refractivity contribution in [2.75, 3.05) is 11.4 Å². The van der Waals surface area contributed by atoms with Crippen molar-refractivity contribution in [3.8, 4) is 0 Å². The quantitative estimate of drug-likeness (QED) is 0.513. The third kappa shape index (κ3) is 3.60. The highest BCUT2D eigenvalue weighted by atomic mass is 35.5. The van der Waals surface area contributed by atoms with Gasteiger partial charge in [-0.1, -0.05) is 30.1 Å². The SMILES string of the molecule is CCN1c2cc(F)c(C=Nc3ccc(Cl)c(Cl)c3)cc2C(C)CC1(C)C. The van der Waals surface area contributed by atoms with E-state index in [1.165, 1.54) is 5.56 Å². The van der Waals surface area contributed by atoms with Gasteiger partial charge in [-0.25, -0.2) is 4.39 Å². The summed E-state index contributed by atoms with van der Waals surface area (Å²) in [5.41, 5.74) is 3.30. The Labute approximate surface area is 164 Å². The summed E-state index contributed by atoms with van der Waals surface area (Å²) in [6.45, 7) is 9.59. The fraction of sp³-hybridized carbons (Fsp3) is 0.381. The van der Waals surface area contributed by atoms with E-state index in [0.29, 0.717) is 27.2 Å². The first-order valence-electron chi connectivity index (χ1n) is 8.83. The molecule has 5 heteroatoms. The zero-order valence-electron chi connectivity index (χ0n) is 15.5. The van der Waals surface area contributed by atoms with E-state index in [-0.39, 0.29) is 11.4 Å². The molecule has 2 aromatic carbocycles. The molecule has 0 amide bonds. The Balaban J connectivity index is 1.99. The highest BCUT2D eigenvalue weighted by molar-refractivity contribution is 6.42. The van der Waals surface area contributed by atoms with E-state index in [2.05, 4.69) is 37.6 Å². The van der Waals surface area contributed by atoms with Gasteiger partial charge in [0.05, 0.1) is 15.7 Å². The summed E-state index contributed by atoms with van der Waals surface area (Å²) in [5.74, 6) is 0.0939. The predicted octanol–water partition coefficient (Wildman–Crippen LogP) is 7.00. The summed E-state index contributed by atoms with van der Waals surface area (Å²) in [5, 5.41) is 0.906. The predicted molar refractivity (Wildman–Crippen MR) is 110 cm³/mol. The van der Waals surface area contributed by atoms with Crippen LogP contribution in [0.25, 0.3) is 0 Å². The average Bonchev–Trinajstić information content (AvgIpc) is 2.56. The van der Waals surface area contributed by atoms with Crippen LogP contribution in [0.2, 0.25) is 10.0 Å². The highest BCUT2D eigenvalue weighted by Crippen LogP contribution is 2.43. The van der Waals surface area contributed by atoms with Crippen LogP contribution in [0.1, 0.15) is 51.2 Å². The molecule has 2 aromatic rings. The summed E-state index contributed by atoms with van der Waals surface area (Å²) in [6.07, 6.45) is 2.58. The van der Waals surface area contributed by atoms with Crippen LogP contribution < -0.4 is 4.90 Å². The molecule has 0 radical (unpaired) electrons. The number of aliphatic imine (C=N–C) groups is 1. The molecule has 26 heavy (non-hydrogen) atoms. The molecule has 0 fully saturated rings. The lowest BCUT2D eigenvalue weighted by atomic mass is 9.79. The molecular weight excluding hydrogens is 370 g/mol. The van der Waals surface area contributed by atoms with Crippen LogP contribution in [0.5, 0.6) is 0 Å². The number of benzene rings is 2. The van der Waals surface area contributed by atoms with Crippen LogP contribution in [0.15, 0.2) is 35.3 Å². The lowest BCUT2D eigenvalue weighted by molar-refractivity contribution is 0.380. The third-order valence-electron chi connectivity index (χ3n) is 5.08. The number of anilines is 1. The van der Waals surface area contributed by atoms with Crippen molar-refractivity contribution in [3.63, 3.8) is 0 Å². The summed E-state index contributed by atoms with van der Waals surface area (Å²) < 4.78 is 14.7. The fourth-order valence-corrected chi connectivity index (χ4v) is 4.22. The Bertz CT molecular complexity index is 861. The minimum Gasteiger partial charge on any atom is -0.366 e. The summed E-state index contributed by atoms with van der Waals surface area (Å²) in [7, 11) is 0. The van der Waals surface area contributed by atoms with Gasteiger partial charge in [0, 0.05) is 29.5 Å². The first-order chi connectivity index (χ1) is 12.2. The van der Waals surface area contributed by atoms with Crippen LogP contribution in [0, 0.1) is 5.82 Å². The Kier molecular flexibility index (Phi) is 5.32. The van der Waals surface area contributed by atoms with Gasteiger partial charge in [-0.15, -0.1) is 0 Å². The molecular formula is C21H23Cl2FN2. The van der Waals surface area contributed by atoms with Gasteiger partial charge in [0.2, 0.25) is 0 Å². The molecule has 0 aromatic heterocycles. The Morgan fingerprint density at radius 3 is 2.62 bits per heavy atom. The second-order valence-electron chi connectivity index (χ2n) is 7.45. The summed E-state index contributed by atoms with van der Waals surface area (Å²) in [6, 6.07) is 8.68.